The Kier molecular flexibility index (Phi) is 17.0. The first kappa shape index (κ1) is 43.6. The third kappa shape index (κ3) is 18.1. The van der Waals surface area contributed by atoms with E-state index in [0.29, 0.717) is 0 Å². The summed E-state index contributed by atoms with van der Waals surface area (Å²) in [6.45, 7) is -6.96. The van der Waals surface area contributed by atoms with E-state index < -0.39 is 100 Å². The zero-order valence-electron chi connectivity index (χ0n) is 28.3. The average molecular weight is 761 g/mol. The van der Waals surface area contributed by atoms with Crippen molar-refractivity contribution in [3.05, 3.63) is 58.2 Å². The zero-order chi connectivity index (χ0) is 40.5. The molecule has 54 heavy (non-hydrogen) atoms. The van der Waals surface area contributed by atoms with E-state index in [0.717, 1.165) is 19.6 Å². The molecule has 0 aliphatic rings. The van der Waals surface area contributed by atoms with Crippen LogP contribution in [0.5, 0.6) is 0 Å². The zero-order valence-corrected chi connectivity index (χ0v) is 28.3. The normalized spacial score (nSPS) is 11.0. The Hall–Kier alpha value is -6.54. The molecule has 0 aliphatic heterocycles. The largest absolute Gasteiger partial charge is 0.480 e. The fourth-order valence-corrected chi connectivity index (χ4v) is 5.03. The van der Waals surface area contributed by atoms with E-state index in [1.54, 1.807) is 0 Å². The van der Waals surface area contributed by atoms with Gasteiger partial charge in [0.15, 0.2) is 0 Å². The van der Waals surface area contributed by atoms with Gasteiger partial charge in [0.25, 0.3) is 0 Å². The van der Waals surface area contributed by atoms with Crippen LogP contribution in [-0.2, 0) is 64.5 Å². The van der Waals surface area contributed by atoms with Crippen LogP contribution in [0.1, 0.15) is 33.9 Å². The first-order valence-corrected chi connectivity index (χ1v) is 15.4. The molecule has 22 heteroatoms. The van der Waals surface area contributed by atoms with Crippen molar-refractivity contribution in [1.82, 2.24) is 29.6 Å². The Morgan fingerprint density at radius 2 is 0.537 bits per heavy atom. The number of rotatable bonds is 24. The highest BCUT2D eigenvalue weighted by Gasteiger charge is 2.20. The molecule has 8 N–H and O–H groups in total. The van der Waals surface area contributed by atoms with Crippen LogP contribution in [0.4, 0.5) is 0 Å². The Balaban J connectivity index is 2.72. The van der Waals surface area contributed by atoms with Crippen LogP contribution < -0.4 is 0 Å². The smallest absolute Gasteiger partial charge is 0.317 e. The second-order valence-corrected chi connectivity index (χ2v) is 11.7. The molecule has 2 aromatic rings. The van der Waals surface area contributed by atoms with E-state index in [1.807, 2.05) is 0 Å². The molecule has 0 fully saturated rings. The number of nitrogens with zero attached hydrogens (tertiary/aromatic N) is 6. The number of hydrogen-bond donors (Lipinski definition) is 8. The van der Waals surface area contributed by atoms with Gasteiger partial charge >= 0.3 is 47.8 Å². The minimum absolute atomic E-state index is 0.0805. The Morgan fingerprint density at radius 3 is 0.685 bits per heavy atom. The maximum Gasteiger partial charge on any atom is 0.317 e. The van der Waals surface area contributed by atoms with Gasteiger partial charge in [0.2, 0.25) is 0 Å². The van der Waals surface area contributed by atoms with E-state index in [-0.39, 0.29) is 60.1 Å². The minimum Gasteiger partial charge on any atom is -0.480 e. The van der Waals surface area contributed by atoms with Gasteiger partial charge in [-0.05, 0) is 24.3 Å². The van der Waals surface area contributed by atoms with Crippen molar-refractivity contribution in [1.29, 1.82) is 0 Å². The molecule has 0 saturated carbocycles. The lowest BCUT2D eigenvalue weighted by atomic mass is 10.1. The third-order valence-electron chi connectivity index (χ3n) is 6.63. The van der Waals surface area contributed by atoms with E-state index in [9.17, 15) is 79.2 Å². The van der Waals surface area contributed by atoms with Crippen molar-refractivity contribution < 1.29 is 79.2 Å². The highest BCUT2D eigenvalue weighted by molar-refractivity contribution is 5.74. The van der Waals surface area contributed by atoms with Crippen molar-refractivity contribution in [3.8, 4) is 11.8 Å². The summed E-state index contributed by atoms with van der Waals surface area (Å²) in [7, 11) is 0. The lowest BCUT2D eigenvalue weighted by molar-refractivity contribution is -0.144. The molecule has 0 radical (unpaired) electrons. The summed E-state index contributed by atoms with van der Waals surface area (Å²) in [4.78, 5) is 104. The average Bonchev–Trinajstić information content (AvgIpc) is 2.97. The van der Waals surface area contributed by atoms with Crippen LogP contribution in [0, 0.1) is 11.8 Å². The van der Waals surface area contributed by atoms with Crippen molar-refractivity contribution in [3.63, 3.8) is 0 Å². The summed E-state index contributed by atoms with van der Waals surface area (Å²) in [6, 6.07) is 5.49. The topological polar surface area (TPSA) is 337 Å². The van der Waals surface area contributed by atoms with Crippen LogP contribution in [0.25, 0.3) is 0 Å². The maximum atomic E-state index is 11.4. The maximum absolute atomic E-state index is 11.4. The molecule has 0 amide bonds. The predicted molar refractivity (Wildman–Crippen MR) is 177 cm³/mol. The summed E-state index contributed by atoms with van der Waals surface area (Å²) in [5, 5.41) is 74.3. The molecule has 0 spiro atoms. The molecule has 2 aromatic heterocycles. The lowest BCUT2D eigenvalue weighted by Gasteiger charge is -2.20. The molecule has 0 bridgehead atoms. The van der Waals surface area contributed by atoms with Gasteiger partial charge in [-0.1, -0.05) is 11.8 Å². The number of hydrogen-bond acceptors (Lipinski definition) is 14. The van der Waals surface area contributed by atoms with E-state index in [4.69, 9.17) is 0 Å². The lowest BCUT2D eigenvalue weighted by Crippen LogP contribution is -2.35. The molecule has 2 rings (SSSR count). The Bertz CT molecular complexity index is 1520. The predicted octanol–water partition coefficient (Wildman–Crippen LogP) is -2.24. The van der Waals surface area contributed by atoms with Gasteiger partial charge in [-0.3, -0.25) is 67.9 Å². The van der Waals surface area contributed by atoms with Crippen molar-refractivity contribution >= 4 is 47.8 Å². The Labute approximate surface area is 305 Å². The third-order valence-corrected chi connectivity index (χ3v) is 6.63. The van der Waals surface area contributed by atoms with Crippen molar-refractivity contribution in [2.75, 3.05) is 52.4 Å². The SMILES string of the molecule is O=C(O)CN(CC(=O)O)Cc1cc(C#Cc2cc(CN(CC(=O)O)CC(=O)O)nc(CN(CC(=O)O)CC(=O)O)c2)cc(CN(CC(=O)O)CC(=O)O)n1. The molecule has 2 heterocycles. The molecule has 22 nitrogen and oxygen atoms in total. The Morgan fingerprint density at radius 1 is 0.370 bits per heavy atom. The summed E-state index contributed by atoms with van der Waals surface area (Å²) in [5.41, 5.74) is 0.633. The summed E-state index contributed by atoms with van der Waals surface area (Å²) in [5.74, 6) is -5.13. The van der Waals surface area contributed by atoms with Gasteiger partial charge in [-0.15, -0.1) is 0 Å². The first-order valence-electron chi connectivity index (χ1n) is 15.4. The number of carboxylic acid groups (broad SMARTS) is 8. The van der Waals surface area contributed by atoms with Crippen molar-refractivity contribution in [2.24, 2.45) is 0 Å². The summed E-state index contributed by atoms with van der Waals surface area (Å²) in [6.07, 6.45) is 0. The number of aromatic nitrogens is 2. The highest BCUT2D eigenvalue weighted by Crippen LogP contribution is 2.14. The molecular weight excluding hydrogens is 724 g/mol. The molecular formula is C32H36N6O16. The summed E-state index contributed by atoms with van der Waals surface area (Å²) < 4.78 is 0. The van der Waals surface area contributed by atoms with Gasteiger partial charge in [0, 0.05) is 37.3 Å². The molecule has 0 aromatic carbocycles. The van der Waals surface area contributed by atoms with Crippen LogP contribution in [0.2, 0.25) is 0 Å². The molecule has 0 saturated heterocycles. The van der Waals surface area contributed by atoms with E-state index in [1.165, 1.54) is 24.3 Å². The fourth-order valence-electron chi connectivity index (χ4n) is 5.03. The number of aliphatic carboxylic acids is 8. The quantitative estimate of drug-likeness (QED) is 0.0524. The highest BCUT2D eigenvalue weighted by atomic mass is 16.4. The molecule has 0 aliphatic carbocycles. The standard InChI is InChI=1S/C32H36N6O16/c39-25(40)11-35(12-26(41)42)7-21-3-19(4-22(33-21)8-36(13-27(43)44)14-28(45)46)1-2-20-5-23(9-37(15-29(47)48)16-30(49)50)34-24(6-20)10-38(17-31(51)52)18-32(53)54/h3-6H,7-18H2,(H,39,40)(H,41,42)(H,43,44)(H,45,46)(H,47,48)(H,49,50)(H,51,52)(H,53,54). The monoisotopic (exact) mass is 760 g/mol. The van der Waals surface area contributed by atoms with Gasteiger partial charge in [-0.2, -0.15) is 0 Å². The molecule has 0 atom stereocenters. The van der Waals surface area contributed by atoms with Gasteiger partial charge in [0.05, 0.1) is 75.1 Å². The minimum atomic E-state index is -1.35. The van der Waals surface area contributed by atoms with Crippen LogP contribution in [0.15, 0.2) is 24.3 Å². The van der Waals surface area contributed by atoms with Crippen LogP contribution in [-0.4, -0.2) is 171 Å². The van der Waals surface area contributed by atoms with Gasteiger partial charge in [-0.25, -0.2) is 0 Å². The van der Waals surface area contributed by atoms with Gasteiger partial charge in [0.1, 0.15) is 0 Å². The fraction of sp³-hybridized carbons (Fsp3) is 0.375. The van der Waals surface area contributed by atoms with Crippen LogP contribution >= 0.6 is 0 Å². The second-order valence-electron chi connectivity index (χ2n) is 11.7. The second kappa shape index (κ2) is 21.1. The van der Waals surface area contributed by atoms with E-state index in [2.05, 4.69) is 21.8 Å². The number of carboxylic acids is 8. The van der Waals surface area contributed by atoms with Crippen molar-refractivity contribution in [2.45, 2.75) is 26.2 Å². The number of carbonyl (C=O) groups is 8. The van der Waals surface area contributed by atoms with Crippen LogP contribution in [0.3, 0.4) is 0 Å². The molecule has 0 unspecified atom stereocenters. The summed E-state index contributed by atoms with van der Waals surface area (Å²) >= 11 is 0. The first-order chi connectivity index (χ1) is 25.3. The molecule has 290 valence electrons. The van der Waals surface area contributed by atoms with E-state index >= 15 is 0 Å². The van der Waals surface area contributed by atoms with Gasteiger partial charge < -0.3 is 40.9 Å². The number of pyridine rings is 2.